The van der Waals surface area contributed by atoms with Crippen molar-refractivity contribution < 1.29 is 9.66 Å². The number of fused-ring (bicyclic) bond motifs is 1. The molecule has 0 amide bonds. The molecular formula is C17H14N2O3. The summed E-state index contributed by atoms with van der Waals surface area (Å²) in [5.74, 6) is 0.792. The third-order valence-electron chi connectivity index (χ3n) is 3.42. The van der Waals surface area contributed by atoms with Crippen molar-refractivity contribution in [3.63, 3.8) is 0 Å². The minimum absolute atomic E-state index is 0.0940. The van der Waals surface area contributed by atoms with Gasteiger partial charge in [-0.3, -0.25) is 10.1 Å². The fourth-order valence-electron chi connectivity index (χ4n) is 2.32. The van der Waals surface area contributed by atoms with Gasteiger partial charge in [0, 0.05) is 22.7 Å². The number of nitrogens with one attached hydrogen (secondary N) is 1. The number of nitrogens with zero attached hydrogens (tertiary/aromatic N) is 1. The lowest BCUT2D eigenvalue weighted by atomic mass is 10.1. The molecule has 0 aliphatic rings. The van der Waals surface area contributed by atoms with Gasteiger partial charge in [-0.25, -0.2) is 0 Å². The first-order valence-electron chi connectivity index (χ1n) is 6.75. The molecule has 1 N–H and O–H groups in total. The summed E-state index contributed by atoms with van der Waals surface area (Å²) in [5, 5.41) is 12.0. The van der Waals surface area contributed by atoms with E-state index in [9.17, 15) is 10.1 Å². The number of hydrogen-bond acceptors (Lipinski definition) is 3. The Morgan fingerprint density at radius 1 is 1.14 bits per heavy atom. The van der Waals surface area contributed by atoms with Crippen LogP contribution >= 0.6 is 0 Å². The average molecular weight is 294 g/mol. The maximum absolute atomic E-state index is 11.0. The van der Waals surface area contributed by atoms with Gasteiger partial charge in [-0.05, 0) is 42.5 Å². The fourth-order valence-corrected chi connectivity index (χ4v) is 2.32. The van der Waals surface area contributed by atoms with Gasteiger partial charge in [0.2, 0.25) is 0 Å². The third-order valence-corrected chi connectivity index (χ3v) is 3.42. The van der Waals surface area contributed by atoms with Gasteiger partial charge in [-0.2, -0.15) is 0 Å². The van der Waals surface area contributed by atoms with E-state index in [0.717, 1.165) is 22.3 Å². The summed E-state index contributed by atoms with van der Waals surface area (Å²) >= 11 is 0. The van der Waals surface area contributed by atoms with E-state index in [4.69, 9.17) is 4.74 Å². The zero-order chi connectivity index (χ0) is 15.5. The summed E-state index contributed by atoms with van der Waals surface area (Å²) in [6.07, 6.45) is 3.56. The lowest BCUT2D eigenvalue weighted by Gasteiger charge is -1.97. The maximum Gasteiger partial charge on any atom is 0.276 e. The predicted octanol–water partition coefficient (Wildman–Crippen LogP) is 4.26. The number of aromatic nitrogens is 1. The smallest absolute Gasteiger partial charge is 0.276 e. The van der Waals surface area contributed by atoms with Gasteiger partial charge in [0.1, 0.15) is 5.75 Å². The van der Waals surface area contributed by atoms with Gasteiger partial charge in [0.25, 0.3) is 5.69 Å². The molecule has 5 heteroatoms. The molecule has 0 unspecified atom stereocenters. The Morgan fingerprint density at radius 3 is 2.73 bits per heavy atom. The summed E-state index contributed by atoms with van der Waals surface area (Å²) in [6, 6.07) is 14.4. The van der Waals surface area contributed by atoms with Crippen molar-refractivity contribution in [2.75, 3.05) is 7.11 Å². The zero-order valence-corrected chi connectivity index (χ0v) is 11.9. The second-order valence-corrected chi connectivity index (χ2v) is 4.83. The number of aromatic amines is 1. The van der Waals surface area contributed by atoms with Crippen molar-refractivity contribution in [1.29, 1.82) is 0 Å². The molecule has 0 saturated heterocycles. The van der Waals surface area contributed by atoms with Crippen LogP contribution in [0.25, 0.3) is 23.1 Å². The standard InChI is InChI=1S/C17H14N2O3/c1-22-15-8-9-16-13(11-15)10-14(18-16)7-6-12-4-2-3-5-17(12)19(20)21/h2-11,18H,1H3/b7-6+. The number of H-pyrrole nitrogens is 1. The average Bonchev–Trinajstić information content (AvgIpc) is 2.94. The molecule has 22 heavy (non-hydrogen) atoms. The molecule has 0 aliphatic carbocycles. The van der Waals surface area contributed by atoms with Crippen LogP contribution in [0.15, 0.2) is 48.5 Å². The van der Waals surface area contributed by atoms with Crippen LogP contribution in [0.4, 0.5) is 5.69 Å². The third kappa shape index (κ3) is 2.69. The monoisotopic (exact) mass is 294 g/mol. The minimum Gasteiger partial charge on any atom is -0.497 e. The molecule has 0 bridgehead atoms. The summed E-state index contributed by atoms with van der Waals surface area (Å²) < 4.78 is 5.20. The number of nitro benzene ring substituents is 1. The Morgan fingerprint density at radius 2 is 1.95 bits per heavy atom. The molecule has 0 spiro atoms. The molecule has 3 aromatic rings. The number of nitro groups is 1. The van der Waals surface area contributed by atoms with E-state index in [1.807, 2.05) is 30.3 Å². The van der Waals surface area contributed by atoms with Gasteiger partial charge in [0.05, 0.1) is 17.6 Å². The molecule has 0 radical (unpaired) electrons. The summed E-state index contributed by atoms with van der Waals surface area (Å²) in [4.78, 5) is 13.9. The van der Waals surface area contributed by atoms with Gasteiger partial charge in [-0.15, -0.1) is 0 Å². The van der Waals surface area contributed by atoms with Crippen LogP contribution in [-0.2, 0) is 0 Å². The van der Waals surface area contributed by atoms with Crippen molar-refractivity contribution in [3.05, 3.63) is 69.9 Å². The van der Waals surface area contributed by atoms with Gasteiger partial charge < -0.3 is 9.72 Å². The molecule has 1 aromatic heterocycles. The molecule has 3 rings (SSSR count). The van der Waals surface area contributed by atoms with Crippen LogP contribution < -0.4 is 4.74 Å². The molecule has 0 saturated carbocycles. The second-order valence-electron chi connectivity index (χ2n) is 4.83. The highest BCUT2D eigenvalue weighted by molar-refractivity contribution is 5.86. The Balaban J connectivity index is 1.94. The number of ether oxygens (including phenoxy) is 1. The first-order valence-corrected chi connectivity index (χ1v) is 6.75. The Bertz CT molecular complexity index is 865. The first-order chi connectivity index (χ1) is 10.7. The molecule has 0 fully saturated rings. The summed E-state index contributed by atoms with van der Waals surface area (Å²) in [6.45, 7) is 0. The van der Waals surface area contributed by atoms with Crippen LogP contribution in [0, 0.1) is 10.1 Å². The van der Waals surface area contributed by atoms with Crippen LogP contribution in [0.5, 0.6) is 5.75 Å². The van der Waals surface area contributed by atoms with Crippen molar-refractivity contribution in [3.8, 4) is 5.75 Å². The number of methoxy groups -OCH3 is 1. The highest BCUT2D eigenvalue weighted by Crippen LogP contribution is 2.24. The highest BCUT2D eigenvalue weighted by Gasteiger charge is 2.09. The van der Waals surface area contributed by atoms with Crippen molar-refractivity contribution in [2.24, 2.45) is 0 Å². The number of hydrogen-bond donors (Lipinski definition) is 1. The molecule has 110 valence electrons. The molecular weight excluding hydrogens is 280 g/mol. The number of benzene rings is 2. The van der Waals surface area contributed by atoms with Gasteiger partial charge in [0.15, 0.2) is 0 Å². The Hall–Kier alpha value is -3.08. The summed E-state index contributed by atoms with van der Waals surface area (Å²) in [7, 11) is 1.63. The second kappa shape index (κ2) is 5.73. The topological polar surface area (TPSA) is 68.2 Å². The molecule has 0 atom stereocenters. The predicted molar refractivity (Wildman–Crippen MR) is 86.9 cm³/mol. The zero-order valence-electron chi connectivity index (χ0n) is 11.9. The van der Waals surface area contributed by atoms with Crippen LogP contribution in [0.2, 0.25) is 0 Å². The van der Waals surface area contributed by atoms with E-state index in [2.05, 4.69) is 4.98 Å². The summed E-state index contributed by atoms with van der Waals surface area (Å²) in [5.41, 5.74) is 2.53. The fraction of sp³-hybridized carbons (Fsp3) is 0.0588. The van der Waals surface area contributed by atoms with Crippen LogP contribution in [-0.4, -0.2) is 17.0 Å². The van der Waals surface area contributed by atoms with Crippen molar-refractivity contribution in [2.45, 2.75) is 0 Å². The van der Waals surface area contributed by atoms with Crippen molar-refractivity contribution >= 4 is 28.7 Å². The van der Waals surface area contributed by atoms with E-state index in [0.29, 0.717) is 5.56 Å². The minimum atomic E-state index is -0.379. The van der Waals surface area contributed by atoms with E-state index >= 15 is 0 Å². The quantitative estimate of drug-likeness (QED) is 0.577. The van der Waals surface area contributed by atoms with E-state index in [1.165, 1.54) is 6.07 Å². The van der Waals surface area contributed by atoms with Crippen LogP contribution in [0.1, 0.15) is 11.3 Å². The molecule has 2 aromatic carbocycles. The SMILES string of the molecule is COc1ccc2[nH]c(/C=C/c3ccccc3[N+](=O)[O-])cc2c1. The van der Waals surface area contributed by atoms with Gasteiger partial charge in [-0.1, -0.05) is 12.1 Å². The largest absolute Gasteiger partial charge is 0.497 e. The normalized spacial score (nSPS) is 11.1. The Kier molecular flexibility index (Phi) is 3.62. The van der Waals surface area contributed by atoms with Crippen molar-refractivity contribution in [1.82, 2.24) is 4.98 Å². The van der Waals surface area contributed by atoms with Crippen LogP contribution in [0.3, 0.4) is 0 Å². The van der Waals surface area contributed by atoms with Gasteiger partial charge >= 0.3 is 0 Å². The Labute approximate surface area is 127 Å². The maximum atomic E-state index is 11.0. The van der Waals surface area contributed by atoms with E-state index in [1.54, 1.807) is 31.4 Å². The molecule has 0 aliphatic heterocycles. The lowest BCUT2D eigenvalue weighted by Crippen LogP contribution is -1.90. The lowest BCUT2D eigenvalue weighted by molar-refractivity contribution is -0.385. The molecule has 5 nitrogen and oxygen atoms in total. The van der Waals surface area contributed by atoms with E-state index in [-0.39, 0.29) is 10.6 Å². The molecule has 1 heterocycles. The first kappa shape index (κ1) is 13.9. The highest BCUT2D eigenvalue weighted by atomic mass is 16.6. The van der Waals surface area contributed by atoms with E-state index < -0.39 is 0 Å². The number of rotatable bonds is 4. The number of para-hydroxylation sites is 1.